The standard InChI is InChI=1S/C18H31NO/c1-13(2)11-19-12-18(15(5)6)20-17-10-8-7-9-16(17)14(3)4/h7-10,13-15,18-19H,11-12H2,1-6H3. The van der Waals surface area contributed by atoms with E-state index in [2.05, 4.69) is 71.1 Å². The van der Waals surface area contributed by atoms with Crippen LogP contribution in [0.4, 0.5) is 0 Å². The number of nitrogens with one attached hydrogen (secondary N) is 1. The Bertz CT molecular complexity index is 385. The summed E-state index contributed by atoms with van der Waals surface area (Å²) < 4.78 is 6.29. The van der Waals surface area contributed by atoms with Crippen molar-refractivity contribution in [2.75, 3.05) is 13.1 Å². The third-order valence-electron chi connectivity index (χ3n) is 3.46. The molecule has 1 atom stereocenters. The van der Waals surface area contributed by atoms with Crippen LogP contribution in [-0.4, -0.2) is 19.2 Å². The van der Waals surface area contributed by atoms with Crippen molar-refractivity contribution >= 4 is 0 Å². The van der Waals surface area contributed by atoms with Gasteiger partial charge in [0.2, 0.25) is 0 Å². The fourth-order valence-corrected chi connectivity index (χ4v) is 2.16. The predicted octanol–water partition coefficient (Wildman–Crippen LogP) is 4.46. The summed E-state index contributed by atoms with van der Waals surface area (Å²) in [5.41, 5.74) is 1.29. The van der Waals surface area contributed by atoms with Crippen molar-refractivity contribution in [2.45, 2.75) is 53.6 Å². The zero-order valence-electron chi connectivity index (χ0n) is 13.9. The highest BCUT2D eigenvalue weighted by atomic mass is 16.5. The van der Waals surface area contributed by atoms with Crippen molar-refractivity contribution in [3.8, 4) is 5.75 Å². The van der Waals surface area contributed by atoms with E-state index in [0.717, 1.165) is 18.8 Å². The van der Waals surface area contributed by atoms with Gasteiger partial charge in [-0.2, -0.15) is 0 Å². The van der Waals surface area contributed by atoms with E-state index in [9.17, 15) is 0 Å². The number of rotatable bonds is 8. The summed E-state index contributed by atoms with van der Waals surface area (Å²) in [6.45, 7) is 15.3. The van der Waals surface area contributed by atoms with E-state index >= 15 is 0 Å². The maximum Gasteiger partial charge on any atom is 0.123 e. The molecule has 0 amide bonds. The quantitative estimate of drug-likeness (QED) is 0.757. The van der Waals surface area contributed by atoms with Gasteiger partial charge in [-0.1, -0.05) is 59.7 Å². The fraction of sp³-hybridized carbons (Fsp3) is 0.667. The molecule has 0 bridgehead atoms. The molecule has 1 aromatic carbocycles. The molecule has 0 aliphatic heterocycles. The van der Waals surface area contributed by atoms with E-state index in [1.54, 1.807) is 0 Å². The first-order valence-corrected chi connectivity index (χ1v) is 7.88. The minimum Gasteiger partial charge on any atom is -0.489 e. The van der Waals surface area contributed by atoms with Crippen molar-refractivity contribution in [3.63, 3.8) is 0 Å². The summed E-state index contributed by atoms with van der Waals surface area (Å²) in [6.07, 6.45) is 0.216. The maximum atomic E-state index is 6.29. The van der Waals surface area contributed by atoms with E-state index in [1.165, 1.54) is 5.56 Å². The van der Waals surface area contributed by atoms with Gasteiger partial charge in [0.05, 0.1) is 0 Å². The first-order chi connectivity index (χ1) is 9.41. The molecule has 20 heavy (non-hydrogen) atoms. The second kappa shape index (κ2) is 8.31. The van der Waals surface area contributed by atoms with Crippen LogP contribution < -0.4 is 10.1 Å². The molecule has 0 aliphatic rings. The highest BCUT2D eigenvalue weighted by Crippen LogP contribution is 2.27. The lowest BCUT2D eigenvalue weighted by molar-refractivity contribution is 0.146. The average Bonchev–Trinajstić information content (AvgIpc) is 2.37. The van der Waals surface area contributed by atoms with Crippen LogP contribution in [0.2, 0.25) is 0 Å². The SMILES string of the molecule is CC(C)CNCC(Oc1ccccc1C(C)C)C(C)C. The normalized spacial score (nSPS) is 13.2. The van der Waals surface area contributed by atoms with Crippen molar-refractivity contribution in [1.82, 2.24) is 5.32 Å². The van der Waals surface area contributed by atoms with Gasteiger partial charge in [-0.25, -0.2) is 0 Å². The van der Waals surface area contributed by atoms with Crippen molar-refractivity contribution in [1.29, 1.82) is 0 Å². The van der Waals surface area contributed by atoms with E-state index < -0.39 is 0 Å². The molecule has 1 rings (SSSR count). The van der Waals surface area contributed by atoms with Crippen LogP contribution in [0.15, 0.2) is 24.3 Å². The number of hydrogen-bond donors (Lipinski definition) is 1. The van der Waals surface area contributed by atoms with Gasteiger partial charge in [-0.05, 0) is 35.9 Å². The Morgan fingerprint density at radius 3 is 2.15 bits per heavy atom. The first-order valence-electron chi connectivity index (χ1n) is 7.88. The second-order valence-corrected chi connectivity index (χ2v) is 6.64. The third kappa shape index (κ3) is 5.54. The van der Waals surface area contributed by atoms with Crippen LogP contribution >= 0.6 is 0 Å². The molecule has 0 radical (unpaired) electrons. The summed E-state index contributed by atoms with van der Waals surface area (Å²) in [6, 6.07) is 8.40. The molecule has 1 aromatic rings. The Morgan fingerprint density at radius 2 is 1.60 bits per heavy atom. The predicted molar refractivity (Wildman–Crippen MR) is 87.5 cm³/mol. The monoisotopic (exact) mass is 277 g/mol. The van der Waals surface area contributed by atoms with Gasteiger partial charge < -0.3 is 10.1 Å². The Morgan fingerprint density at radius 1 is 0.950 bits per heavy atom. The zero-order valence-corrected chi connectivity index (χ0v) is 13.9. The molecule has 1 unspecified atom stereocenters. The lowest BCUT2D eigenvalue weighted by Crippen LogP contribution is -2.37. The minimum absolute atomic E-state index is 0.216. The van der Waals surface area contributed by atoms with E-state index in [-0.39, 0.29) is 6.10 Å². The van der Waals surface area contributed by atoms with Crippen LogP contribution in [0, 0.1) is 11.8 Å². The molecule has 0 aliphatic carbocycles. The summed E-state index contributed by atoms with van der Waals surface area (Å²) in [5.74, 6) is 2.69. The first kappa shape index (κ1) is 17.0. The third-order valence-corrected chi connectivity index (χ3v) is 3.46. The van der Waals surface area contributed by atoms with Crippen LogP contribution in [0.25, 0.3) is 0 Å². The lowest BCUT2D eigenvalue weighted by Gasteiger charge is -2.25. The summed E-state index contributed by atoms with van der Waals surface area (Å²) in [4.78, 5) is 0. The van der Waals surface area contributed by atoms with Gasteiger partial charge >= 0.3 is 0 Å². The highest BCUT2D eigenvalue weighted by Gasteiger charge is 2.17. The molecule has 0 fully saturated rings. The molecular weight excluding hydrogens is 246 g/mol. The Balaban J connectivity index is 2.70. The Labute approximate surface area is 124 Å². The van der Waals surface area contributed by atoms with E-state index in [4.69, 9.17) is 4.74 Å². The van der Waals surface area contributed by atoms with Gasteiger partial charge in [-0.15, -0.1) is 0 Å². The molecular formula is C18H31NO. The van der Waals surface area contributed by atoms with Crippen molar-refractivity contribution in [3.05, 3.63) is 29.8 Å². The zero-order chi connectivity index (χ0) is 15.1. The van der Waals surface area contributed by atoms with Gasteiger partial charge in [0, 0.05) is 6.54 Å². The van der Waals surface area contributed by atoms with E-state index in [0.29, 0.717) is 17.8 Å². The van der Waals surface area contributed by atoms with Crippen LogP contribution in [-0.2, 0) is 0 Å². The minimum atomic E-state index is 0.216. The maximum absolute atomic E-state index is 6.29. The molecule has 2 nitrogen and oxygen atoms in total. The second-order valence-electron chi connectivity index (χ2n) is 6.64. The molecule has 0 spiro atoms. The largest absolute Gasteiger partial charge is 0.489 e. The summed E-state index contributed by atoms with van der Waals surface area (Å²) >= 11 is 0. The smallest absolute Gasteiger partial charge is 0.123 e. The molecule has 0 aromatic heterocycles. The molecule has 114 valence electrons. The van der Waals surface area contributed by atoms with E-state index in [1.807, 2.05) is 0 Å². The lowest BCUT2D eigenvalue weighted by atomic mass is 10.0. The van der Waals surface area contributed by atoms with Crippen LogP contribution in [0.5, 0.6) is 5.75 Å². The van der Waals surface area contributed by atoms with Crippen molar-refractivity contribution < 1.29 is 4.74 Å². The van der Waals surface area contributed by atoms with Gasteiger partial charge in [0.25, 0.3) is 0 Å². The Kier molecular flexibility index (Phi) is 7.08. The summed E-state index contributed by atoms with van der Waals surface area (Å²) in [7, 11) is 0. The topological polar surface area (TPSA) is 21.3 Å². The Hall–Kier alpha value is -1.02. The van der Waals surface area contributed by atoms with Crippen LogP contribution in [0.1, 0.15) is 53.0 Å². The van der Waals surface area contributed by atoms with Crippen molar-refractivity contribution in [2.24, 2.45) is 11.8 Å². The fourth-order valence-electron chi connectivity index (χ4n) is 2.16. The van der Waals surface area contributed by atoms with Gasteiger partial charge in [0.1, 0.15) is 11.9 Å². The molecule has 1 N–H and O–H groups in total. The van der Waals surface area contributed by atoms with Crippen LogP contribution in [0.3, 0.4) is 0 Å². The highest BCUT2D eigenvalue weighted by molar-refractivity contribution is 5.35. The molecule has 0 heterocycles. The number of hydrogen-bond acceptors (Lipinski definition) is 2. The molecule has 2 heteroatoms. The van der Waals surface area contributed by atoms with Gasteiger partial charge in [0.15, 0.2) is 0 Å². The molecule has 0 saturated carbocycles. The molecule has 0 saturated heterocycles. The number of para-hydroxylation sites is 1. The number of ether oxygens (including phenoxy) is 1. The number of benzene rings is 1. The van der Waals surface area contributed by atoms with Gasteiger partial charge in [-0.3, -0.25) is 0 Å². The summed E-state index contributed by atoms with van der Waals surface area (Å²) in [5, 5.41) is 3.51. The average molecular weight is 277 g/mol.